The molecule has 2 rings (SSSR count). The highest BCUT2D eigenvalue weighted by Crippen LogP contribution is 2.25. The molecule has 0 aromatic carbocycles. The number of hydrogen-bond acceptors (Lipinski definition) is 2. The van der Waals surface area contributed by atoms with Gasteiger partial charge in [-0.3, -0.25) is 4.79 Å². The van der Waals surface area contributed by atoms with Gasteiger partial charge >= 0.3 is 0 Å². The van der Waals surface area contributed by atoms with Gasteiger partial charge in [0.25, 0.3) is 0 Å². The fourth-order valence-corrected chi connectivity index (χ4v) is 1.56. The molecule has 1 atom stereocenters. The van der Waals surface area contributed by atoms with Crippen molar-refractivity contribution in [3.05, 3.63) is 23.7 Å². The van der Waals surface area contributed by atoms with Gasteiger partial charge in [-0.1, -0.05) is 20.8 Å². The monoisotopic (exact) mass is 180 g/mol. The van der Waals surface area contributed by atoms with E-state index in [0.29, 0.717) is 12.3 Å². The minimum atomic E-state index is 0.229. The summed E-state index contributed by atoms with van der Waals surface area (Å²) >= 11 is 0. The van der Waals surface area contributed by atoms with Crippen molar-refractivity contribution in [1.82, 2.24) is 0 Å². The molecule has 0 saturated carbocycles. The van der Waals surface area contributed by atoms with E-state index in [-0.39, 0.29) is 5.78 Å². The fourth-order valence-electron chi connectivity index (χ4n) is 1.56. The second-order valence-corrected chi connectivity index (χ2v) is 3.19. The SMILES string of the molecule is CC.CC1CC(=O)c2ccoc2C1. The molecule has 0 spiro atoms. The smallest absolute Gasteiger partial charge is 0.166 e. The predicted molar refractivity (Wildman–Crippen MR) is 51.9 cm³/mol. The lowest BCUT2D eigenvalue weighted by atomic mass is 9.89. The normalized spacial score (nSPS) is 20.2. The van der Waals surface area contributed by atoms with Crippen LogP contribution in [0.2, 0.25) is 0 Å². The average Bonchev–Trinajstić information content (AvgIpc) is 2.55. The van der Waals surface area contributed by atoms with E-state index < -0.39 is 0 Å². The molecule has 2 nitrogen and oxygen atoms in total. The molecule has 1 heterocycles. The lowest BCUT2D eigenvalue weighted by molar-refractivity contribution is 0.0949. The number of hydrogen-bond donors (Lipinski definition) is 0. The number of furan rings is 1. The van der Waals surface area contributed by atoms with Crippen molar-refractivity contribution in [1.29, 1.82) is 0 Å². The van der Waals surface area contributed by atoms with Gasteiger partial charge in [-0.25, -0.2) is 0 Å². The van der Waals surface area contributed by atoms with Gasteiger partial charge in [-0.15, -0.1) is 0 Å². The number of fused-ring (bicyclic) bond motifs is 1. The van der Waals surface area contributed by atoms with E-state index in [1.165, 1.54) is 0 Å². The van der Waals surface area contributed by atoms with Crippen LogP contribution in [0.1, 0.15) is 43.3 Å². The lowest BCUT2D eigenvalue weighted by Gasteiger charge is -2.14. The van der Waals surface area contributed by atoms with Crippen molar-refractivity contribution >= 4 is 5.78 Å². The lowest BCUT2D eigenvalue weighted by Crippen LogP contribution is -2.15. The summed E-state index contributed by atoms with van der Waals surface area (Å²) in [6, 6.07) is 1.77. The van der Waals surface area contributed by atoms with Crippen LogP contribution in [-0.2, 0) is 6.42 Å². The molecule has 2 heteroatoms. The highest BCUT2D eigenvalue weighted by atomic mass is 16.3. The fraction of sp³-hybridized carbons (Fsp3) is 0.545. The van der Waals surface area contributed by atoms with E-state index in [4.69, 9.17) is 4.42 Å². The Balaban J connectivity index is 0.000000396. The Labute approximate surface area is 78.9 Å². The van der Waals surface area contributed by atoms with Crippen LogP contribution in [0.3, 0.4) is 0 Å². The first-order valence-corrected chi connectivity index (χ1v) is 4.87. The minimum absolute atomic E-state index is 0.229. The van der Waals surface area contributed by atoms with Crippen LogP contribution in [0.25, 0.3) is 0 Å². The van der Waals surface area contributed by atoms with Gasteiger partial charge < -0.3 is 4.42 Å². The maximum absolute atomic E-state index is 11.3. The molecule has 1 aromatic heterocycles. The molecule has 0 bridgehead atoms. The quantitative estimate of drug-likeness (QED) is 0.614. The Morgan fingerprint density at radius 3 is 2.77 bits per heavy atom. The number of carbonyl (C=O) groups excluding carboxylic acids is 1. The summed E-state index contributed by atoms with van der Waals surface area (Å²) in [7, 11) is 0. The Bertz CT molecular complexity index is 286. The van der Waals surface area contributed by atoms with E-state index in [0.717, 1.165) is 17.7 Å². The van der Waals surface area contributed by atoms with Crippen LogP contribution >= 0.6 is 0 Å². The number of carbonyl (C=O) groups is 1. The largest absolute Gasteiger partial charge is 0.469 e. The molecule has 1 unspecified atom stereocenters. The molecule has 1 aromatic rings. The van der Waals surface area contributed by atoms with Crippen molar-refractivity contribution in [3.63, 3.8) is 0 Å². The van der Waals surface area contributed by atoms with Gasteiger partial charge in [-0.05, 0) is 12.0 Å². The van der Waals surface area contributed by atoms with Gasteiger partial charge in [0.1, 0.15) is 5.76 Å². The highest BCUT2D eigenvalue weighted by Gasteiger charge is 2.24. The van der Waals surface area contributed by atoms with Gasteiger partial charge in [0, 0.05) is 12.8 Å². The van der Waals surface area contributed by atoms with Crippen molar-refractivity contribution < 1.29 is 9.21 Å². The Morgan fingerprint density at radius 1 is 1.38 bits per heavy atom. The van der Waals surface area contributed by atoms with E-state index in [9.17, 15) is 4.79 Å². The maximum Gasteiger partial charge on any atom is 0.166 e. The van der Waals surface area contributed by atoms with E-state index in [2.05, 4.69) is 6.92 Å². The van der Waals surface area contributed by atoms with Crippen molar-refractivity contribution in [2.75, 3.05) is 0 Å². The van der Waals surface area contributed by atoms with Gasteiger partial charge in [-0.2, -0.15) is 0 Å². The molecule has 0 N–H and O–H groups in total. The molecule has 0 fully saturated rings. The Hall–Kier alpha value is -1.05. The minimum Gasteiger partial charge on any atom is -0.469 e. The molecule has 1 aliphatic rings. The zero-order valence-corrected chi connectivity index (χ0v) is 8.46. The third-order valence-electron chi connectivity index (χ3n) is 2.11. The van der Waals surface area contributed by atoms with Crippen molar-refractivity contribution in [2.24, 2.45) is 5.92 Å². The zero-order valence-electron chi connectivity index (χ0n) is 8.46. The van der Waals surface area contributed by atoms with Crippen LogP contribution in [0.4, 0.5) is 0 Å². The zero-order chi connectivity index (χ0) is 9.84. The summed E-state index contributed by atoms with van der Waals surface area (Å²) in [4.78, 5) is 11.3. The third-order valence-corrected chi connectivity index (χ3v) is 2.11. The molecule has 0 aliphatic heterocycles. The summed E-state index contributed by atoms with van der Waals surface area (Å²) in [5.41, 5.74) is 0.795. The molecule has 1 aliphatic carbocycles. The Kier molecular flexibility index (Phi) is 3.29. The summed E-state index contributed by atoms with van der Waals surface area (Å²) < 4.78 is 5.18. The molecule has 72 valence electrons. The summed E-state index contributed by atoms with van der Waals surface area (Å²) in [6.07, 6.45) is 3.18. The van der Waals surface area contributed by atoms with Crippen LogP contribution in [-0.4, -0.2) is 5.78 Å². The second-order valence-electron chi connectivity index (χ2n) is 3.19. The first-order chi connectivity index (χ1) is 6.27. The molecule has 0 amide bonds. The van der Waals surface area contributed by atoms with E-state index >= 15 is 0 Å². The number of rotatable bonds is 0. The van der Waals surface area contributed by atoms with E-state index in [1.54, 1.807) is 12.3 Å². The number of Topliss-reactive ketones (excluding diaryl/α,β-unsaturated/α-hetero) is 1. The molecule has 0 radical (unpaired) electrons. The highest BCUT2D eigenvalue weighted by molar-refractivity contribution is 5.98. The topological polar surface area (TPSA) is 30.2 Å². The van der Waals surface area contributed by atoms with Gasteiger partial charge in [0.15, 0.2) is 5.78 Å². The first kappa shape index (κ1) is 10.0. The molecular formula is C11H16O2. The van der Waals surface area contributed by atoms with Crippen LogP contribution < -0.4 is 0 Å². The average molecular weight is 180 g/mol. The van der Waals surface area contributed by atoms with E-state index in [1.807, 2.05) is 13.8 Å². The first-order valence-electron chi connectivity index (χ1n) is 4.87. The number of ketones is 1. The Morgan fingerprint density at radius 2 is 2.08 bits per heavy atom. The third kappa shape index (κ3) is 2.00. The standard InChI is InChI=1S/C9H10O2.C2H6/c1-6-4-8(10)7-2-3-11-9(7)5-6;1-2/h2-3,6H,4-5H2,1H3;1-2H3. The van der Waals surface area contributed by atoms with Crippen molar-refractivity contribution in [2.45, 2.75) is 33.6 Å². The molecule has 13 heavy (non-hydrogen) atoms. The molecular weight excluding hydrogens is 164 g/mol. The summed E-state index contributed by atoms with van der Waals surface area (Å²) in [5.74, 6) is 1.54. The van der Waals surface area contributed by atoms with Crippen LogP contribution in [0.15, 0.2) is 16.7 Å². The van der Waals surface area contributed by atoms with Crippen LogP contribution in [0.5, 0.6) is 0 Å². The van der Waals surface area contributed by atoms with Gasteiger partial charge in [0.05, 0.1) is 11.8 Å². The predicted octanol–water partition coefficient (Wildman–Crippen LogP) is 3.07. The molecule has 0 saturated heterocycles. The second kappa shape index (κ2) is 4.26. The maximum atomic E-state index is 11.3. The van der Waals surface area contributed by atoms with Gasteiger partial charge in [0.2, 0.25) is 0 Å². The summed E-state index contributed by atoms with van der Waals surface area (Å²) in [5, 5.41) is 0. The summed E-state index contributed by atoms with van der Waals surface area (Å²) in [6.45, 7) is 6.07. The van der Waals surface area contributed by atoms with Crippen molar-refractivity contribution in [3.8, 4) is 0 Å². The van der Waals surface area contributed by atoms with Crippen LogP contribution in [0, 0.1) is 5.92 Å².